The standard InChI is InChI=1S/C19H27NO4.C17H25NO3.C17H23NO3.C14H19NO2.C13H24N2O4.C11H19NO4.C6H5.C4H6O3.C2H7NO.2ClH.Li/c1-14(21)23-17(15-10-6-5-7-11-15)16-12-8-9-13-20(16)18(22)24-19(2,3)4;2*1-17(2,3)21-16(20)18-12-8-7-11-14(18)15(19)13-9-5-4-6-10-13;1-11(16)17-14(12-7-3-2-4-8-12)13-9-5-6-10-15-13;1-13(2,3)19-12(17)15-9-7-6-8-10(15)11(16)14(4)18-5;1-11(2,3)16-10(15)12-7-5-4-6-8(12)9(13)14;1-2-4-6-5-3-1;1-3(5)7-4(2)6;1-3-4-2;;;/h5-7,10-11,16-17H,8-9,12-13H2,1-4H3;4-6,9-10,14-15,19H,7-8,11-12H2,1-3H3;4-6,9-10,14H,7-8,11-12H2,1-3H3;2-4,7-8,13-15H,5-6,9-10H2,1H3;10H,6-9H2,1-5H3;8H,4-7H2,1-3H3,(H,13,14);1-5H;1-2H3;3H,1-2H3;2*1H;/q;;;;;;-1;;;;;+1/t16-,17-;14-,15-;14-;13-,14-;10-;8-;;;;;;/m000000....../s1. The van der Waals surface area contributed by atoms with E-state index >= 15 is 0 Å². The molecule has 0 saturated carbocycles. The zero-order valence-electron chi connectivity index (χ0n) is 86.0. The maximum atomic E-state index is 12.6. The van der Waals surface area contributed by atoms with E-state index in [4.69, 9.17) is 43.1 Å². The van der Waals surface area contributed by atoms with Gasteiger partial charge in [0.1, 0.15) is 52.3 Å². The van der Waals surface area contributed by atoms with Gasteiger partial charge in [0.05, 0.1) is 38.4 Å². The van der Waals surface area contributed by atoms with Crippen molar-refractivity contribution in [2.75, 3.05) is 67.6 Å². The molecule has 0 radical (unpaired) electrons. The van der Waals surface area contributed by atoms with Gasteiger partial charge < -0.3 is 68.1 Å². The van der Waals surface area contributed by atoms with Gasteiger partial charge in [-0.2, -0.15) is 36.4 Å². The molecule has 35 heteroatoms. The van der Waals surface area contributed by atoms with Crippen molar-refractivity contribution in [2.45, 2.75) is 330 Å². The monoisotopic (exact) mass is 1970 g/mol. The topological polar surface area (TPSA) is 381 Å². The minimum Gasteiger partial charge on any atom is -0.480 e. The summed E-state index contributed by atoms with van der Waals surface area (Å²) in [6.07, 6.45) is 12.8. The normalized spacial score (nSPS) is 18.4. The van der Waals surface area contributed by atoms with Crippen molar-refractivity contribution >= 4 is 96.8 Å². The van der Waals surface area contributed by atoms with E-state index in [0.717, 1.165) is 112 Å². The molecule has 0 bridgehead atoms. The fourth-order valence-electron chi connectivity index (χ4n) is 14.9. The number of nitrogens with one attached hydrogen (secondary N) is 2. The predicted molar refractivity (Wildman–Crippen MR) is 528 cm³/mol. The molecule has 0 aliphatic carbocycles. The summed E-state index contributed by atoms with van der Waals surface area (Å²) in [6, 6.07) is 48.9. The molecule has 4 N–H and O–H groups in total. The number of nitrogens with zero attached hydrogens (tertiary/aromatic N) is 6. The summed E-state index contributed by atoms with van der Waals surface area (Å²) in [6.45, 7) is 36.5. The number of aliphatic carboxylic acids is 1. The zero-order valence-corrected chi connectivity index (χ0v) is 87.6. The van der Waals surface area contributed by atoms with Gasteiger partial charge in [0, 0.05) is 86.1 Å². The first-order valence-corrected chi connectivity index (χ1v) is 46.8. The summed E-state index contributed by atoms with van der Waals surface area (Å²) in [5.41, 5.74) is 3.13. The molecule has 0 unspecified atom stereocenters. The van der Waals surface area contributed by atoms with Crippen LogP contribution in [0.25, 0.3) is 0 Å². The quantitative estimate of drug-likeness (QED) is 0.0153. The molecule has 6 amide bonds. The molecule has 11 rings (SSSR count). The second-order valence-corrected chi connectivity index (χ2v) is 38.0. The molecule has 6 aliphatic rings. The molecule has 32 nitrogen and oxygen atoms in total. The Hall–Kier alpha value is -9.88. The molecule has 138 heavy (non-hydrogen) atoms. The van der Waals surface area contributed by atoms with E-state index in [1.165, 1.54) is 57.4 Å². The van der Waals surface area contributed by atoms with Crippen LogP contribution in [-0.4, -0.2) is 244 Å². The molecule has 6 aliphatic heterocycles. The number of carbonyl (C=O) groups excluding carboxylic acids is 11. The number of likely N-dealkylation sites (tertiary alicyclic amines) is 5. The molecule has 768 valence electrons. The first-order chi connectivity index (χ1) is 63.4. The van der Waals surface area contributed by atoms with Crippen LogP contribution in [0.15, 0.2) is 152 Å². The van der Waals surface area contributed by atoms with E-state index in [0.29, 0.717) is 57.5 Å². The summed E-state index contributed by atoms with van der Waals surface area (Å²) in [5.74, 6) is -2.86. The Morgan fingerprint density at radius 3 is 1.05 bits per heavy atom. The first kappa shape index (κ1) is 128. The van der Waals surface area contributed by atoms with Crippen molar-refractivity contribution in [1.29, 1.82) is 0 Å². The van der Waals surface area contributed by atoms with Gasteiger partial charge in [-0.3, -0.25) is 48.3 Å². The number of rotatable bonds is 14. The van der Waals surface area contributed by atoms with E-state index in [1.54, 1.807) is 68.8 Å². The molecule has 5 aromatic carbocycles. The van der Waals surface area contributed by atoms with Crippen LogP contribution < -0.4 is 29.7 Å². The van der Waals surface area contributed by atoms with Gasteiger partial charge in [-0.05, 0) is 236 Å². The molecule has 6 fully saturated rings. The molecule has 5 aromatic rings. The minimum atomic E-state index is -0.953. The maximum Gasteiger partial charge on any atom is 1.00 e. The van der Waals surface area contributed by atoms with Crippen LogP contribution >= 0.6 is 24.8 Å². The number of halogens is 2. The molecule has 0 spiro atoms. The molecule has 6 saturated heterocycles. The SMILES string of the molecule is CC(=O)OC(C)=O.CC(=O)O[C@@H](c1ccccc1)[C@@H]1CCCCN1.CC(=O)O[C@@H](c1ccccc1)[C@@H]1CCCCN1C(=O)OC(C)(C)C.CC(C)(C)OC(=O)N1CCCC[C@H]1C(=O)O.CC(C)(C)OC(=O)N1CCCC[C@H]1C(=O)c1ccccc1.CC(C)(C)OC(=O)N1CCCC[C@H]1[C@@H](O)c1ccccc1.CNOC.CON(C)C(=O)[C@@H]1CCCCN1C(=O)OC(C)(C)C.Cl.Cl.[Li+].[c-]1ccccc1. The number of hydrogen-bond acceptors (Lipinski definition) is 25. The summed E-state index contributed by atoms with van der Waals surface area (Å²) in [7, 11) is 6.25. The van der Waals surface area contributed by atoms with Gasteiger partial charge in [0.15, 0.2) is 5.78 Å². The van der Waals surface area contributed by atoms with E-state index < -0.39 is 94.5 Å². The molecule has 6 heterocycles. The van der Waals surface area contributed by atoms with E-state index in [2.05, 4.69) is 26.4 Å². The number of aliphatic hydroxyl groups excluding tert-OH is 1. The van der Waals surface area contributed by atoms with E-state index in [-0.39, 0.29) is 104 Å². The van der Waals surface area contributed by atoms with Gasteiger partial charge in [-0.15, -0.1) is 24.8 Å². The summed E-state index contributed by atoms with van der Waals surface area (Å²) >= 11 is 0. The van der Waals surface area contributed by atoms with Gasteiger partial charge >= 0.3 is 79.2 Å². The van der Waals surface area contributed by atoms with Gasteiger partial charge in [0.2, 0.25) is 0 Å². The van der Waals surface area contributed by atoms with Crippen LogP contribution in [0, 0.1) is 6.07 Å². The Labute approximate surface area is 843 Å². The van der Waals surface area contributed by atoms with E-state index in [9.17, 15) is 62.6 Å². The number of ketones is 1. The molecule has 9 atom stereocenters. The summed E-state index contributed by atoms with van der Waals surface area (Å²) in [4.78, 5) is 156. The fourth-order valence-corrected chi connectivity index (χ4v) is 14.9. The summed E-state index contributed by atoms with van der Waals surface area (Å²) < 4.78 is 42.0. The smallest absolute Gasteiger partial charge is 0.480 e. The van der Waals surface area contributed by atoms with Crippen molar-refractivity contribution in [3.8, 4) is 0 Å². The number of esters is 4. The Kier molecular flexibility index (Phi) is 61.2. The second kappa shape index (κ2) is 65.9. The molecular formula is C103H157Cl2LiN8O24. The number of aliphatic hydroxyl groups is 1. The Morgan fingerprint density at radius 2 is 0.717 bits per heavy atom. The van der Waals surface area contributed by atoms with Crippen molar-refractivity contribution < 1.29 is 134 Å². The van der Waals surface area contributed by atoms with Gasteiger partial charge in [-0.1, -0.05) is 128 Å². The molecule has 0 aromatic heterocycles. The van der Waals surface area contributed by atoms with Crippen LogP contribution in [0.5, 0.6) is 0 Å². The van der Waals surface area contributed by atoms with Crippen LogP contribution in [0.4, 0.5) is 24.0 Å². The Balaban J connectivity index is 0.00000157. The second-order valence-electron chi connectivity index (χ2n) is 38.0. The number of benzene rings is 5. The number of carboxylic acids is 1. The number of ether oxygens (including phenoxy) is 8. The number of amides is 6. The number of piperidine rings is 6. The van der Waals surface area contributed by atoms with Crippen molar-refractivity contribution in [2.24, 2.45) is 0 Å². The van der Waals surface area contributed by atoms with Crippen LogP contribution in [0.1, 0.15) is 292 Å². The van der Waals surface area contributed by atoms with Crippen LogP contribution in [0.2, 0.25) is 0 Å². The first-order valence-electron chi connectivity index (χ1n) is 46.8. The van der Waals surface area contributed by atoms with Crippen LogP contribution in [-0.2, 0) is 76.3 Å². The summed E-state index contributed by atoms with van der Waals surface area (Å²) in [5, 5.41) is 24.2. The van der Waals surface area contributed by atoms with Crippen LogP contribution in [0.3, 0.4) is 0 Å². The van der Waals surface area contributed by atoms with E-state index in [1.807, 2.05) is 223 Å². The Morgan fingerprint density at radius 1 is 0.406 bits per heavy atom. The minimum absolute atomic E-state index is 0. The average molecular weight is 1970 g/mol. The number of hydrogen-bond donors (Lipinski definition) is 4. The number of carbonyl (C=O) groups is 12. The van der Waals surface area contributed by atoms with Crippen molar-refractivity contribution in [1.82, 2.24) is 40.4 Å². The maximum absolute atomic E-state index is 12.6. The zero-order chi connectivity index (χ0) is 101. The number of Topliss-reactive ketones (excluding diaryl/α,β-unsaturated/α-hetero) is 1. The third kappa shape index (κ3) is 51.9. The fraction of sp³-hybridized carbons (Fsp3) is 0.592. The number of likely N-dealkylation sites (N-methyl/N-ethyl adjacent to an activating group) is 1. The average Bonchev–Trinajstić information content (AvgIpc) is 0.807. The van der Waals surface area contributed by atoms with Gasteiger partial charge in [-0.25, -0.2) is 39.3 Å². The third-order valence-electron chi connectivity index (χ3n) is 20.8. The molecular weight excluding hydrogens is 1810 g/mol. The predicted octanol–water partition coefficient (Wildman–Crippen LogP) is 16.5. The largest absolute Gasteiger partial charge is 1.00 e. The number of carboxylic acid groups (broad SMARTS) is 1. The number of hydroxylamine groups is 3. The third-order valence-corrected chi connectivity index (χ3v) is 20.8. The van der Waals surface area contributed by atoms with Crippen molar-refractivity contribution in [3.05, 3.63) is 180 Å². The van der Waals surface area contributed by atoms with Gasteiger partial charge in [0.25, 0.3) is 5.91 Å². The Bertz CT molecular complexity index is 4310. The van der Waals surface area contributed by atoms with Crippen molar-refractivity contribution in [3.63, 3.8) is 0 Å².